The van der Waals surface area contributed by atoms with Crippen LogP contribution in [0.3, 0.4) is 0 Å². The van der Waals surface area contributed by atoms with Crippen LogP contribution in [0.15, 0.2) is 60.7 Å². The summed E-state index contributed by atoms with van der Waals surface area (Å²) in [6, 6.07) is 21.5. The topological polar surface area (TPSA) is 12.5 Å². The molecule has 0 aromatic heterocycles. The summed E-state index contributed by atoms with van der Waals surface area (Å²) >= 11 is 0. The maximum atomic E-state index is 5.86. The molecule has 2 aromatic rings. The summed E-state index contributed by atoms with van der Waals surface area (Å²) in [4.78, 5) is 0. The number of benzene rings is 2. The predicted molar refractivity (Wildman–Crippen MR) is 71.4 cm³/mol. The van der Waals surface area contributed by atoms with Gasteiger partial charge in [0.2, 0.25) is 0 Å². The number of rotatable bonds is 3. The Morgan fingerprint density at radius 2 is 1.50 bits per heavy atom. The minimum Gasteiger partial charge on any atom is -0.364 e. The Morgan fingerprint density at radius 3 is 2.11 bits per heavy atom. The molecule has 1 unspecified atom stereocenters. The molecule has 1 heteroatoms. The van der Waals surface area contributed by atoms with Crippen molar-refractivity contribution in [3.63, 3.8) is 0 Å². The van der Waals surface area contributed by atoms with Gasteiger partial charge in [0.05, 0.1) is 6.61 Å². The second kappa shape index (κ2) is 3.69. The zero-order valence-corrected chi connectivity index (χ0v) is 10.3. The highest BCUT2D eigenvalue weighted by atomic mass is 16.6. The average Bonchev–Trinajstić information content (AvgIpc) is 3.33. The SMILES string of the molecule is c1ccc([C@@H]2C[C@H]2C2(c3ccccc3)CO2)cc1. The first-order valence-electron chi connectivity index (χ1n) is 6.64. The van der Waals surface area contributed by atoms with Gasteiger partial charge in [0.1, 0.15) is 5.60 Å². The lowest BCUT2D eigenvalue weighted by molar-refractivity contribution is 0.275. The number of hydrogen-bond acceptors (Lipinski definition) is 1. The molecule has 4 rings (SSSR count). The van der Waals surface area contributed by atoms with E-state index < -0.39 is 0 Å². The lowest BCUT2D eigenvalue weighted by atomic mass is 9.92. The molecule has 1 heterocycles. The summed E-state index contributed by atoms with van der Waals surface area (Å²) in [6.45, 7) is 0.894. The molecule has 1 saturated heterocycles. The van der Waals surface area contributed by atoms with Crippen LogP contribution in [0.25, 0.3) is 0 Å². The zero-order chi connectivity index (χ0) is 12.0. The van der Waals surface area contributed by atoms with Crippen molar-refractivity contribution in [3.8, 4) is 0 Å². The molecule has 0 bridgehead atoms. The molecule has 1 saturated carbocycles. The molecule has 3 atom stereocenters. The van der Waals surface area contributed by atoms with Crippen molar-refractivity contribution in [2.24, 2.45) is 5.92 Å². The van der Waals surface area contributed by atoms with Crippen molar-refractivity contribution < 1.29 is 4.74 Å². The molecule has 2 aromatic carbocycles. The van der Waals surface area contributed by atoms with Crippen molar-refractivity contribution in [3.05, 3.63) is 71.8 Å². The molecule has 1 aliphatic heterocycles. The van der Waals surface area contributed by atoms with Crippen molar-refractivity contribution in [2.45, 2.75) is 17.9 Å². The van der Waals surface area contributed by atoms with Crippen LogP contribution in [-0.4, -0.2) is 6.61 Å². The van der Waals surface area contributed by atoms with Gasteiger partial charge in [-0.15, -0.1) is 0 Å². The Bertz CT molecular complexity index is 542. The second-order valence-electron chi connectivity index (χ2n) is 5.40. The quantitative estimate of drug-likeness (QED) is 0.740. The van der Waals surface area contributed by atoms with Gasteiger partial charge in [0, 0.05) is 5.92 Å². The fourth-order valence-electron chi connectivity index (χ4n) is 3.17. The maximum absolute atomic E-state index is 5.86. The van der Waals surface area contributed by atoms with Gasteiger partial charge in [0.25, 0.3) is 0 Å². The molecule has 90 valence electrons. The average molecular weight is 236 g/mol. The highest BCUT2D eigenvalue weighted by molar-refractivity contribution is 5.36. The molecule has 2 fully saturated rings. The number of ether oxygens (including phenoxy) is 1. The smallest absolute Gasteiger partial charge is 0.120 e. The molecule has 1 nitrogen and oxygen atoms in total. The number of hydrogen-bond donors (Lipinski definition) is 0. The van der Waals surface area contributed by atoms with E-state index in [9.17, 15) is 0 Å². The third-order valence-electron chi connectivity index (χ3n) is 4.33. The molecular weight excluding hydrogens is 220 g/mol. The third kappa shape index (κ3) is 1.51. The van der Waals surface area contributed by atoms with Crippen LogP contribution in [-0.2, 0) is 10.3 Å². The van der Waals surface area contributed by atoms with E-state index in [1.54, 1.807) is 0 Å². The summed E-state index contributed by atoms with van der Waals surface area (Å²) in [5, 5.41) is 0. The van der Waals surface area contributed by atoms with Crippen LogP contribution in [0.5, 0.6) is 0 Å². The van der Waals surface area contributed by atoms with Gasteiger partial charge >= 0.3 is 0 Å². The molecule has 0 radical (unpaired) electrons. The summed E-state index contributed by atoms with van der Waals surface area (Å²) in [7, 11) is 0. The van der Waals surface area contributed by atoms with Crippen LogP contribution in [0, 0.1) is 5.92 Å². The molecule has 18 heavy (non-hydrogen) atoms. The molecule has 2 aliphatic rings. The van der Waals surface area contributed by atoms with E-state index in [4.69, 9.17) is 4.74 Å². The Hall–Kier alpha value is -1.60. The standard InChI is InChI=1S/C17H16O/c1-3-7-13(8-4-1)15-11-16(15)17(12-18-17)14-9-5-2-6-10-14/h1-10,15-16H,11-12H2/t15-,16+,17?/m0/s1. The third-order valence-corrected chi connectivity index (χ3v) is 4.33. The maximum Gasteiger partial charge on any atom is 0.120 e. The zero-order valence-electron chi connectivity index (χ0n) is 10.3. The van der Waals surface area contributed by atoms with Gasteiger partial charge in [0.15, 0.2) is 0 Å². The van der Waals surface area contributed by atoms with Crippen molar-refractivity contribution in [2.75, 3.05) is 6.61 Å². The van der Waals surface area contributed by atoms with Crippen LogP contribution in [0.1, 0.15) is 23.5 Å². The van der Waals surface area contributed by atoms with E-state index in [0.29, 0.717) is 11.8 Å². The monoisotopic (exact) mass is 236 g/mol. The van der Waals surface area contributed by atoms with E-state index in [2.05, 4.69) is 60.7 Å². The Kier molecular flexibility index (Phi) is 2.12. The van der Waals surface area contributed by atoms with E-state index in [1.807, 2.05) is 0 Å². The lowest BCUT2D eigenvalue weighted by Gasteiger charge is -2.12. The van der Waals surface area contributed by atoms with E-state index in [-0.39, 0.29) is 5.60 Å². The Balaban J connectivity index is 1.60. The van der Waals surface area contributed by atoms with Gasteiger partial charge in [-0.1, -0.05) is 60.7 Å². The largest absolute Gasteiger partial charge is 0.364 e. The molecule has 0 spiro atoms. The normalized spacial score (nSPS) is 33.1. The Labute approximate surface area is 107 Å². The van der Waals surface area contributed by atoms with Crippen molar-refractivity contribution in [1.29, 1.82) is 0 Å². The van der Waals surface area contributed by atoms with Crippen LogP contribution in [0.4, 0.5) is 0 Å². The summed E-state index contributed by atoms with van der Waals surface area (Å²) < 4.78 is 5.86. The number of epoxide rings is 1. The van der Waals surface area contributed by atoms with E-state index in [1.165, 1.54) is 17.5 Å². The molecule has 0 N–H and O–H groups in total. The second-order valence-corrected chi connectivity index (χ2v) is 5.40. The Morgan fingerprint density at radius 1 is 0.889 bits per heavy atom. The predicted octanol–water partition coefficient (Wildman–Crippen LogP) is 3.72. The summed E-state index contributed by atoms with van der Waals surface area (Å²) in [6.07, 6.45) is 1.26. The lowest BCUT2D eigenvalue weighted by Crippen LogP contribution is -2.12. The van der Waals surface area contributed by atoms with Gasteiger partial charge in [-0.3, -0.25) is 0 Å². The molecular formula is C17H16O. The van der Waals surface area contributed by atoms with Crippen molar-refractivity contribution >= 4 is 0 Å². The summed E-state index contributed by atoms with van der Waals surface area (Å²) in [5.41, 5.74) is 2.85. The molecule has 1 aliphatic carbocycles. The van der Waals surface area contributed by atoms with Gasteiger partial charge in [-0.2, -0.15) is 0 Å². The summed E-state index contributed by atoms with van der Waals surface area (Å²) in [5.74, 6) is 1.36. The van der Waals surface area contributed by atoms with Crippen molar-refractivity contribution in [1.82, 2.24) is 0 Å². The fraction of sp³-hybridized carbons (Fsp3) is 0.294. The fourth-order valence-corrected chi connectivity index (χ4v) is 3.17. The van der Waals surface area contributed by atoms with Gasteiger partial charge in [-0.05, 0) is 23.5 Å². The van der Waals surface area contributed by atoms with Gasteiger partial charge < -0.3 is 4.74 Å². The highest BCUT2D eigenvalue weighted by Gasteiger charge is 2.62. The molecule has 0 amide bonds. The minimum atomic E-state index is 0.0295. The van der Waals surface area contributed by atoms with E-state index in [0.717, 1.165) is 6.61 Å². The first-order chi connectivity index (χ1) is 8.90. The highest BCUT2D eigenvalue weighted by Crippen LogP contribution is 2.63. The van der Waals surface area contributed by atoms with Crippen LogP contribution < -0.4 is 0 Å². The van der Waals surface area contributed by atoms with Gasteiger partial charge in [-0.25, -0.2) is 0 Å². The first-order valence-corrected chi connectivity index (χ1v) is 6.64. The van der Waals surface area contributed by atoms with E-state index >= 15 is 0 Å². The first kappa shape index (κ1) is 10.3. The minimum absolute atomic E-state index is 0.0295. The van der Waals surface area contributed by atoms with Crippen LogP contribution in [0.2, 0.25) is 0 Å². The van der Waals surface area contributed by atoms with Crippen LogP contribution >= 0.6 is 0 Å².